The molecule has 0 radical (unpaired) electrons. The summed E-state index contributed by atoms with van der Waals surface area (Å²) in [5.74, 6) is 0.351. The second-order valence-electron chi connectivity index (χ2n) is 12.3. The standard InChI is InChI=1S/C31H40O/c1-20-14-21(16-23(15-20)29(2,3)4)26-12-11-13-27(28(26)32)22-17-24(30(5,6)7)19-25(18-22)31(8,9)10/h11-19,32H,1-10H3. The minimum Gasteiger partial charge on any atom is -0.507 e. The zero-order valence-corrected chi connectivity index (χ0v) is 21.6. The van der Waals surface area contributed by atoms with Crippen LogP contribution in [0.3, 0.4) is 0 Å². The van der Waals surface area contributed by atoms with E-state index in [2.05, 4.69) is 112 Å². The van der Waals surface area contributed by atoms with Crippen molar-refractivity contribution in [3.8, 4) is 28.0 Å². The number of aromatic hydroxyl groups is 1. The minimum absolute atomic E-state index is 0.0292. The van der Waals surface area contributed by atoms with Crippen LogP contribution in [0, 0.1) is 6.92 Å². The van der Waals surface area contributed by atoms with E-state index in [0.717, 1.165) is 22.3 Å². The Balaban J connectivity index is 2.24. The van der Waals surface area contributed by atoms with Gasteiger partial charge in [-0.2, -0.15) is 0 Å². The molecule has 0 aliphatic heterocycles. The molecule has 0 fully saturated rings. The van der Waals surface area contributed by atoms with Gasteiger partial charge in [0, 0.05) is 11.1 Å². The topological polar surface area (TPSA) is 20.2 Å². The third-order valence-corrected chi connectivity index (χ3v) is 6.27. The van der Waals surface area contributed by atoms with E-state index in [1.165, 1.54) is 22.3 Å². The monoisotopic (exact) mass is 428 g/mol. The van der Waals surface area contributed by atoms with E-state index in [9.17, 15) is 5.11 Å². The molecule has 0 atom stereocenters. The van der Waals surface area contributed by atoms with Crippen LogP contribution in [0.2, 0.25) is 0 Å². The van der Waals surface area contributed by atoms with Gasteiger partial charge in [-0.15, -0.1) is 0 Å². The molecule has 32 heavy (non-hydrogen) atoms. The molecule has 170 valence electrons. The van der Waals surface area contributed by atoms with Crippen molar-refractivity contribution in [2.24, 2.45) is 0 Å². The Morgan fingerprint density at radius 2 is 0.906 bits per heavy atom. The Morgan fingerprint density at radius 1 is 0.531 bits per heavy atom. The molecule has 3 aromatic rings. The number of phenolic OH excluding ortho intramolecular Hbond substituents is 1. The molecule has 1 heteroatoms. The first kappa shape index (κ1) is 24.1. The SMILES string of the molecule is Cc1cc(-c2cccc(-c3cc(C(C)(C)C)cc(C(C)(C)C)c3)c2O)cc(C(C)(C)C)c1. The summed E-state index contributed by atoms with van der Waals surface area (Å²) < 4.78 is 0. The zero-order valence-electron chi connectivity index (χ0n) is 21.6. The molecule has 3 aromatic carbocycles. The molecule has 0 spiro atoms. The molecule has 0 aliphatic carbocycles. The van der Waals surface area contributed by atoms with Gasteiger partial charge >= 0.3 is 0 Å². The van der Waals surface area contributed by atoms with Crippen molar-refractivity contribution in [3.63, 3.8) is 0 Å². The molecule has 3 rings (SSSR count). The molecule has 0 aliphatic rings. The summed E-state index contributed by atoms with van der Waals surface area (Å²) in [7, 11) is 0. The van der Waals surface area contributed by atoms with Crippen LogP contribution in [0.5, 0.6) is 5.75 Å². The summed E-state index contributed by atoms with van der Waals surface area (Å²) >= 11 is 0. The predicted octanol–water partition coefficient (Wildman–Crippen LogP) is 8.93. The highest BCUT2D eigenvalue weighted by molar-refractivity contribution is 5.83. The van der Waals surface area contributed by atoms with Gasteiger partial charge in [-0.05, 0) is 51.0 Å². The summed E-state index contributed by atoms with van der Waals surface area (Å²) in [5.41, 5.74) is 9.09. The van der Waals surface area contributed by atoms with Gasteiger partial charge in [0.05, 0.1) is 0 Å². The van der Waals surface area contributed by atoms with Crippen molar-refractivity contribution in [3.05, 3.63) is 76.9 Å². The van der Waals surface area contributed by atoms with Crippen molar-refractivity contribution >= 4 is 0 Å². The van der Waals surface area contributed by atoms with Gasteiger partial charge in [0.15, 0.2) is 0 Å². The summed E-state index contributed by atoms with van der Waals surface area (Å²) in [6, 6.07) is 19.6. The predicted molar refractivity (Wildman–Crippen MR) is 140 cm³/mol. The van der Waals surface area contributed by atoms with Crippen molar-refractivity contribution < 1.29 is 5.11 Å². The highest BCUT2D eigenvalue weighted by atomic mass is 16.3. The minimum atomic E-state index is 0.0292. The van der Waals surface area contributed by atoms with Crippen LogP contribution in [-0.4, -0.2) is 5.11 Å². The summed E-state index contributed by atoms with van der Waals surface area (Å²) in [6.45, 7) is 22.3. The highest BCUT2D eigenvalue weighted by Gasteiger charge is 2.22. The van der Waals surface area contributed by atoms with Gasteiger partial charge in [-0.25, -0.2) is 0 Å². The number of para-hydroxylation sites is 1. The van der Waals surface area contributed by atoms with Crippen LogP contribution in [-0.2, 0) is 16.2 Å². The Kier molecular flexibility index (Phi) is 6.11. The quantitative estimate of drug-likeness (QED) is 0.432. The van der Waals surface area contributed by atoms with E-state index in [-0.39, 0.29) is 16.2 Å². The molecule has 0 amide bonds. The second kappa shape index (κ2) is 8.10. The van der Waals surface area contributed by atoms with Crippen LogP contribution >= 0.6 is 0 Å². The largest absolute Gasteiger partial charge is 0.507 e. The summed E-state index contributed by atoms with van der Waals surface area (Å²) in [4.78, 5) is 0. The van der Waals surface area contributed by atoms with E-state index in [1.54, 1.807) is 0 Å². The average molecular weight is 429 g/mol. The van der Waals surface area contributed by atoms with E-state index in [1.807, 2.05) is 12.1 Å². The molecule has 0 saturated heterocycles. The van der Waals surface area contributed by atoms with Crippen LogP contribution in [0.1, 0.15) is 84.6 Å². The lowest BCUT2D eigenvalue weighted by molar-refractivity contribution is 0.479. The van der Waals surface area contributed by atoms with Gasteiger partial charge < -0.3 is 5.11 Å². The number of aryl methyl sites for hydroxylation is 1. The number of hydrogen-bond acceptors (Lipinski definition) is 1. The van der Waals surface area contributed by atoms with Gasteiger partial charge in [-0.3, -0.25) is 0 Å². The maximum absolute atomic E-state index is 11.5. The lowest BCUT2D eigenvalue weighted by Crippen LogP contribution is -2.16. The lowest BCUT2D eigenvalue weighted by Gasteiger charge is -2.26. The maximum Gasteiger partial charge on any atom is 0.131 e. The van der Waals surface area contributed by atoms with Crippen molar-refractivity contribution in [2.45, 2.75) is 85.5 Å². The normalized spacial score (nSPS) is 12.8. The first-order chi connectivity index (χ1) is 14.6. The third-order valence-electron chi connectivity index (χ3n) is 6.27. The smallest absolute Gasteiger partial charge is 0.131 e. The average Bonchev–Trinajstić information content (AvgIpc) is 2.65. The van der Waals surface area contributed by atoms with Crippen molar-refractivity contribution in [2.75, 3.05) is 0 Å². The molecule has 0 heterocycles. The maximum atomic E-state index is 11.5. The van der Waals surface area contributed by atoms with Gasteiger partial charge in [-0.1, -0.05) is 122 Å². The third kappa shape index (κ3) is 5.09. The van der Waals surface area contributed by atoms with Crippen molar-refractivity contribution in [1.82, 2.24) is 0 Å². The fourth-order valence-electron chi connectivity index (χ4n) is 4.03. The fraction of sp³-hybridized carbons (Fsp3) is 0.419. The molecule has 1 N–H and O–H groups in total. The van der Waals surface area contributed by atoms with Crippen LogP contribution in [0.15, 0.2) is 54.6 Å². The van der Waals surface area contributed by atoms with Gasteiger partial charge in [0.2, 0.25) is 0 Å². The van der Waals surface area contributed by atoms with Crippen LogP contribution < -0.4 is 0 Å². The van der Waals surface area contributed by atoms with E-state index < -0.39 is 0 Å². The first-order valence-electron chi connectivity index (χ1n) is 11.7. The molecular formula is C31H40O. The number of phenols is 1. The molecule has 0 unspecified atom stereocenters. The molecule has 0 bridgehead atoms. The summed E-state index contributed by atoms with van der Waals surface area (Å²) in [5, 5.41) is 11.5. The molecular weight excluding hydrogens is 388 g/mol. The van der Waals surface area contributed by atoms with Gasteiger partial charge in [0.1, 0.15) is 5.75 Å². The molecule has 1 nitrogen and oxygen atoms in total. The van der Waals surface area contributed by atoms with E-state index >= 15 is 0 Å². The van der Waals surface area contributed by atoms with Crippen LogP contribution in [0.25, 0.3) is 22.3 Å². The number of benzene rings is 3. The van der Waals surface area contributed by atoms with Crippen LogP contribution in [0.4, 0.5) is 0 Å². The first-order valence-corrected chi connectivity index (χ1v) is 11.7. The zero-order chi connectivity index (χ0) is 24.1. The summed E-state index contributed by atoms with van der Waals surface area (Å²) in [6.07, 6.45) is 0. The van der Waals surface area contributed by atoms with Crippen molar-refractivity contribution in [1.29, 1.82) is 0 Å². The number of rotatable bonds is 2. The highest BCUT2D eigenvalue weighted by Crippen LogP contribution is 2.42. The van der Waals surface area contributed by atoms with Gasteiger partial charge in [0.25, 0.3) is 0 Å². The Hall–Kier alpha value is -2.54. The van der Waals surface area contributed by atoms with E-state index in [0.29, 0.717) is 5.75 Å². The Bertz CT molecular complexity index is 1100. The molecule has 0 saturated carbocycles. The lowest BCUT2D eigenvalue weighted by atomic mass is 9.78. The Morgan fingerprint density at radius 3 is 1.31 bits per heavy atom. The second-order valence-corrected chi connectivity index (χ2v) is 12.3. The fourth-order valence-corrected chi connectivity index (χ4v) is 4.03. The number of hydrogen-bond donors (Lipinski definition) is 1. The Labute approximate surface area is 195 Å². The molecule has 0 aromatic heterocycles. The van der Waals surface area contributed by atoms with E-state index in [4.69, 9.17) is 0 Å².